The molecule has 2 aromatic rings. The van der Waals surface area contributed by atoms with E-state index >= 15 is 0 Å². The molecule has 1 atom stereocenters. The summed E-state index contributed by atoms with van der Waals surface area (Å²) in [7, 11) is 1.74. The predicted octanol–water partition coefficient (Wildman–Crippen LogP) is 8.04. The highest BCUT2D eigenvalue weighted by molar-refractivity contribution is 8.55. The molecule has 0 bridgehead atoms. The standard InChI is InChI=1S/C25H37N2PS/c1-9-18-12-11-13-19(24(18)26-6)14-15-20-16-21(25(3,4)5)17-23(22(20)10-2)27-28(7)29-8/h11-17,26-27H,9-10H2,1-8H3/b15-14+. The molecule has 2 rings (SSSR count). The molecule has 2 aromatic carbocycles. The van der Waals surface area contributed by atoms with Crippen molar-refractivity contribution in [3.05, 3.63) is 58.1 Å². The third kappa shape index (κ3) is 6.03. The van der Waals surface area contributed by atoms with E-state index < -0.39 is 0 Å². The van der Waals surface area contributed by atoms with Gasteiger partial charge in [0.15, 0.2) is 0 Å². The minimum Gasteiger partial charge on any atom is -0.387 e. The van der Waals surface area contributed by atoms with Gasteiger partial charge in [0.1, 0.15) is 0 Å². The van der Waals surface area contributed by atoms with E-state index in [9.17, 15) is 0 Å². The van der Waals surface area contributed by atoms with Gasteiger partial charge in [0.05, 0.1) is 0 Å². The molecule has 0 radical (unpaired) electrons. The lowest BCUT2D eigenvalue weighted by Crippen LogP contribution is -2.13. The number of anilines is 2. The highest BCUT2D eigenvalue weighted by atomic mass is 32.7. The number of nitrogens with one attached hydrogen (secondary N) is 2. The van der Waals surface area contributed by atoms with Crippen molar-refractivity contribution in [1.29, 1.82) is 0 Å². The Balaban J connectivity index is 2.59. The minimum atomic E-state index is -0.272. The predicted molar refractivity (Wildman–Crippen MR) is 139 cm³/mol. The van der Waals surface area contributed by atoms with Crippen molar-refractivity contribution in [2.45, 2.75) is 52.9 Å². The quantitative estimate of drug-likeness (QED) is 0.329. The van der Waals surface area contributed by atoms with Crippen LogP contribution in [0, 0.1) is 0 Å². The first kappa shape index (κ1) is 23.8. The number of rotatable bonds is 8. The number of para-hydroxylation sites is 1. The summed E-state index contributed by atoms with van der Waals surface area (Å²) >= 11 is 1.90. The van der Waals surface area contributed by atoms with Crippen molar-refractivity contribution in [2.75, 3.05) is 30.4 Å². The first-order valence-corrected chi connectivity index (χ1v) is 14.1. The van der Waals surface area contributed by atoms with Gasteiger partial charge in [-0.15, -0.1) is 11.4 Å². The summed E-state index contributed by atoms with van der Waals surface area (Å²) in [6.07, 6.45) is 8.78. The molecule has 0 aromatic heterocycles. The molecule has 0 fully saturated rings. The number of aryl methyl sites for hydroxylation is 1. The summed E-state index contributed by atoms with van der Waals surface area (Å²) in [6.45, 7) is 13.6. The van der Waals surface area contributed by atoms with Gasteiger partial charge in [0, 0.05) is 25.7 Å². The molecule has 0 heterocycles. The normalized spacial score (nSPS) is 13.0. The van der Waals surface area contributed by atoms with Gasteiger partial charge in [0.2, 0.25) is 0 Å². The third-order valence-electron chi connectivity index (χ3n) is 5.31. The molecule has 0 saturated heterocycles. The van der Waals surface area contributed by atoms with Crippen LogP contribution in [0.25, 0.3) is 12.2 Å². The van der Waals surface area contributed by atoms with Crippen LogP contribution in [0.4, 0.5) is 11.4 Å². The molecule has 0 spiro atoms. The largest absolute Gasteiger partial charge is 0.387 e. The van der Waals surface area contributed by atoms with E-state index in [0.717, 1.165) is 12.8 Å². The van der Waals surface area contributed by atoms with Crippen LogP contribution in [0.2, 0.25) is 0 Å². The fraction of sp³-hybridized carbons (Fsp3) is 0.440. The summed E-state index contributed by atoms with van der Waals surface area (Å²) in [5, 5.41) is 7.18. The molecule has 0 aliphatic heterocycles. The Morgan fingerprint density at radius 3 is 2.28 bits per heavy atom. The summed E-state index contributed by atoms with van der Waals surface area (Å²) < 4.78 is 0. The van der Waals surface area contributed by atoms with Gasteiger partial charge in [-0.3, -0.25) is 0 Å². The zero-order valence-corrected chi connectivity index (χ0v) is 21.0. The van der Waals surface area contributed by atoms with E-state index in [1.54, 1.807) is 0 Å². The second kappa shape index (κ2) is 10.5. The second-order valence-electron chi connectivity index (χ2n) is 8.31. The van der Waals surface area contributed by atoms with E-state index in [1.807, 2.05) is 18.4 Å². The zero-order chi connectivity index (χ0) is 21.6. The Morgan fingerprint density at radius 2 is 1.72 bits per heavy atom. The third-order valence-corrected chi connectivity index (χ3v) is 8.33. The second-order valence-corrected chi connectivity index (χ2v) is 12.6. The fourth-order valence-electron chi connectivity index (χ4n) is 3.52. The monoisotopic (exact) mass is 428 g/mol. The Kier molecular flexibility index (Phi) is 8.67. The maximum Gasteiger partial charge on any atom is 0.0459 e. The Morgan fingerprint density at radius 1 is 1.03 bits per heavy atom. The number of benzene rings is 2. The SMILES string of the molecule is CCc1cccc(/C=C/c2cc(C(C)(C)C)cc(NP(C)SC)c2CC)c1NC. The van der Waals surface area contributed by atoms with Gasteiger partial charge < -0.3 is 10.4 Å². The summed E-state index contributed by atoms with van der Waals surface area (Å²) in [5.41, 5.74) is 9.31. The number of hydrogen-bond acceptors (Lipinski definition) is 3. The molecule has 2 nitrogen and oxygen atoms in total. The molecule has 2 N–H and O–H groups in total. The Bertz CT molecular complexity index is 853. The van der Waals surface area contributed by atoms with Gasteiger partial charge in [-0.25, -0.2) is 0 Å². The summed E-state index contributed by atoms with van der Waals surface area (Å²) in [6, 6.07) is 11.3. The molecule has 1 unspecified atom stereocenters. The molecule has 0 aliphatic carbocycles. The van der Waals surface area contributed by atoms with Gasteiger partial charge in [-0.05, 0) is 65.1 Å². The van der Waals surface area contributed by atoms with E-state index in [4.69, 9.17) is 0 Å². The topological polar surface area (TPSA) is 24.1 Å². The van der Waals surface area contributed by atoms with Crippen LogP contribution in [0.1, 0.15) is 62.4 Å². The molecular weight excluding hydrogens is 391 g/mol. The lowest BCUT2D eigenvalue weighted by molar-refractivity contribution is 0.590. The molecular formula is C25H37N2PS. The Hall–Kier alpha value is -1.44. The molecule has 0 amide bonds. The zero-order valence-electron chi connectivity index (χ0n) is 19.3. The summed E-state index contributed by atoms with van der Waals surface area (Å²) in [5.74, 6) is 0. The van der Waals surface area contributed by atoms with Crippen molar-refractivity contribution < 1.29 is 0 Å². The smallest absolute Gasteiger partial charge is 0.0459 e. The van der Waals surface area contributed by atoms with Crippen LogP contribution in [0.15, 0.2) is 30.3 Å². The highest BCUT2D eigenvalue weighted by Crippen LogP contribution is 2.45. The first-order valence-electron chi connectivity index (χ1n) is 10.4. The van der Waals surface area contributed by atoms with E-state index in [1.165, 1.54) is 39.2 Å². The van der Waals surface area contributed by atoms with Crippen LogP contribution < -0.4 is 10.4 Å². The van der Waals surface area contributed by atoms with E-state index in [0.29, 0.717) is 0 Å². The summed E-state index contributed by atoms with van der Waals surface area (Å²) in [4.78, 5) is 0. The van der Waals surface area contributed by atoms with Gasteiger partial charge in [-0.2, -0.15) is 0 Å². The minimum absolute atomic E-state index is 0.111. The van der Waals surface area contributed by atoms with Crippen LogP contribution in [-0.2, 0) is 18.3 Å². The number of hydrogen-bond donors (Lipinski definition) is 2. The van der Waals surface area contributed by atoms with Crippen molar-refractivity contribution in [1.82, 2.24) is 0 Å². The molecule has 0 aliphatic rings. The van der Waals surface area contributed by atoms with E-state index in [2.05, 4.69) is 100 Å². The maximum atomic E-state index is 3.78. The van der Waals surface area contributed by atoms with Gasteiger partial charge in [-0.1, -0.05) is 71.0 Å². The van der Waals surface area contributed by atoms with Crippen LogP contribution in [0.3, 0.4) is 0 Å². The average molecular weight is 429 g/mol. The van der Waals surface area contributed by atoms with Crippen molar-refractivity contribution in [2.24, 2.45) is 0 Å². The first-order chi connectivity index (χ1) is 13.7. The van der Waals surface area contributed by atoms with Crippen molar-refractivity contribution in [3.63, 3.8) is 0 Å². The maximum absolute atomic E-state index is 3.78. The van der Waals surface area contributed by atoms with Gasteiger partial charge in [0.25, 0.3) is 0 Å². The van der Waals surface area contributed by atoms with Crippen molar-refractivity contribution in [3.8, 4) is 0 Å². The van der Waals surface area contributed by atoms with Crippen molar-refractivity contribution >= 4 is 42.2 Å². The lowest BCUT2D eigenvalue weighted by Gasteiger charge is -2.25. The van der Waals surface area contributed by atoms with Crippen LogP contribution >= 0.6 is 18.7 Å². The molecule has 29 heavy (non-hydrogen) atoms. The lowest BCUT2D eigenvalue weighted by atomic mass is 9.84. The highest BCUT2D eigenvalue weighted by Gasteiger charge is 2.18. The van der Waals surface area contributed by atoms with Gasteiger partial charge >= 0.3 is 0 Å². The molecule has 0 saturated carbocycles. The molecule has 4 heteroatoms. The average Bonchev–Trinajstić information content (AvgIpc) is 2.70. The van der Waals surface area contributed by atoms with Crippen LogP contribution in [-0.4, -0.2) is 20.0 Å². The van der Waals surface area contributed by atoms with E-state index in [-0.39, 0.29) is 12.7 Å². The molecule has 158 valence electrons. The van der Waals surface area contributed by atoms with Crippen LogP contribution in [0.5, 0.6) is 0 Å². The Labute approximate surface area is 183 Å². The fourth-order valence-corrected chi connectivity index (χ4v) is 4.72.